The van der Waals surface area contributed by atoms with Gasteiger partial charge in [0.05, 0.1) is 5.92 Å². The zero-order chi connectivity index (χ0) is 30.0. The van der Waals surface area contributed by atoms with Crippen LogP contribution in [0.1, 0.15) is 46.3 Å². The molecule has 4 rings (SSSR count). The van der Waals surface area contributed by atoms with Crippen LogP contribution in [-0.4, -0.2) is 53.4 Å². The first kappa shape index (κ1) is 31.5. The molecule has 0 saturated carbocycles. The van der Waals surface area contributed by atoms with Gasteiger partial charge in [0.25, 0.3) is 5.91 Å². The molecule has 0 aromatic heterocycles. The minimum absolute atomic E-state index is 0.0278. The highest BCUT2D eigenvalue weighted by Gasteiger charge is 2.41. The predicted octanol–water partition coefficient (Wildman–Crippen LogP) is 4.85. The molecule has 1 amide bonds. The number of aliphatic carboxylic acids is 2. The number of hydrogen-bond acceptors (Lipinski definition) is 5. The number of rotatable bonds is 5. The van der Waals surface area contributed by atoms with Crippen molar-refractivity contribution in [3.8, 4) is 0 Å². The van der Waals surface area contributed by atoms with Crippen molar-refractivity contribution in [3.05, 3.63) is 101 Å². The number of ether oxygens (including phenoxy) is 1. The number of hydrogen-bond donors (Lipinski definition) is 4. The molecule has 1 aliphatic heterocycles. The number of fused-ring (bicyclic) bond motifs is 1. The number of nitrogens with zero attached hydrogens (tertiary/aromatic N) is 1. The number of amides is 1. The monoisotopic (exact) mass is 559 g/mol. The molecule has 212 valence electrons. The van der Waals surface area contributed by atoms with Crippen molar-refractivity contribution in [2.24, 2.45) is 5.73 Å². The lowest BCUT2D eigenvalue weighted by Gasteiger charge is -2.41. The maximum Gasteiger partial charge on any atom is 0.490 e. The molecule has 1 heterocycles. The molecule has 0 radical (unpaired) electrons. The zero-order valence-electron chi connectivity index (χ0n) is 21.6. The average Bonchev–Trinajstić information content (AvgIpc) is 2.93. The van der Waals surface area contributed by atoms with Crippen LogP contribution in [0.15, 0.2) is 78.9 Å². The smallest absolute Gasteiger partial charge is 0.481 e. The summed E-state index contributed by atoms with van der Waals surface area (Å²) in [5.74, 6) is -3.72. The van der Waals surface area contributed by atoms with Gasteiger partial charge < -0.3 is 20.7 Å². The van der Waals surface area contributed by atoms with Crippen molar-refractivity contribution in [2.75, 3.05) is 12.0 Å². The van der Waals surface area contributed by atoms with Gasteiger partial charge in [-0.15, -0.1) is 0 Å². The fourth-order valence-electron chi connectivity index (χ4n) is 3.82. The molecular formula is C28H28F3N3O6. The Morgan fingerprint density at radius 2 is 1.48 bits per heavy atom. The van der Waals surface area contributed by atoms with Crippen LogP contribution in [-0.2, 0) is 14.3 Å². The number of nitrogens with two attached hydrogens (primary N) is 1. The van der Waals surface area contributed by atoms with Crippen LogP contribution < -0.4 is 10.6 Å². The van der Waals surface area contributed by atoms with Crippen LogP contribution in [0.2, 0.25) is 0 Å². The van der Waals surface area contributed by atoms with Crippen LogP contribution in [0.3, 0.4) is 0 Å². The SMILES string of the molecule is CCC(=O)O.COC1C(c2ccc(C(=N)N)cc2)c2ccccc2C(=O)N1c1ccccc1.O=C(O)C(F)(F)F. The largest absolute Gasteiger partial charge is 0.490 e. The lowest BCUT2D eigenvalue weighted by molar-refractivity contribution is -0.192. The average molecular weight is 560 g/mol. The summed E-state index contributed by atoms with van der Waals surface area (Å²) in [7, 11) is 1.62. The van der Waals surface area contributed by atoms with Gasteiger partial charge in [0.2, 0.25) is 0 Å². The molecule has 40 heavy (non-hydrogen) atoms. The molecular weight excluding hydrogens is 531 g/mol. The molecule has 3 aromatic carbocycles. The van der Waals surface area contributed by atoms with Gasteiger partial charge in [-0.3, -0.25) is 19.9 Å². The third kappa shape index (κ3) is 7.90. The highest BCUT2D eigenvalue weighted by atomic mass is 19.4. The van der Waals surface area contributed by atoms with E-state index in [2.05, 4.69) is 0 Å². The third-order valence-electron chi connectivity index (χ3n) is 5.69. The molecule has 2 unspecified atom stereocenters. The van der Waals surface area contributed by atoms with E-state index in [9.17, 15) is 22.8 Å². The van der Waals surface area contributed by atoms with Crippen molar-refractivity contribution in [3.63, 3.8) is 0 Å². The molecule has 0 aliphatic carbocycles. The molecule has 0 spiro atoms. The highest BCUT2D eigenvalue weighted by molar-refractivity contribution is 6.09. The lowest BCUT2D eigenvalue weighted by atomic mass is 9.82. The van der Waals surface area contributed by atoms with E-state index in [1.54, 1.807) is 18.9 Å². The van der Waals surface area contributed by atoms with Crippen molar-refractivity contribution in [2.45, 2.75) is 31.7 Å². The van der Waals surface area contributed by atoms with Gasteiger partial charge in [0.1, 0.15) is 12.1 Å². The number of alkyl halides is 3. The molecule has 2 atom stereocenters. The summed E-state index contributed by atoms with van der Waals surface area (Å²) in [5, 5.41) is 22.5. The number of anilines is 1. The highest BCUT2D eigenvalue weighted by Crippen LogP contribution is 2.40. The van der Waals surface area contributed by atoms with Gasteiger partial charge in [-0.1, -0.05) is 67.6 Å². The lowest BCUT2D eigenvalue weighted by Crippen LogP contribution is -2.49. The van der Waals surface area contributed by atoms with E-state index in [0.29, 0.717) is 11.1 Å². The Balaban J connectivity index is 0.000000394. The number of carboxylic acid groups (broad SMARTS) is 2. The number of carbonyl (C=O) groups excluding carboxylic acids is 1. The number of carboxylic acids is 2. The number of amidine groups is 1. The van der Waals surface area contributed by atoms with Crippen LogP contribution in [0.25, 0.3) is 0 Å². The Labute approximate surface area is 228 Å². The molecule has 5 N–H and O–H groups in total. The number of nitrogen functional groups attached to an aromatic ring is 1. The summed E-state index contributed by atoms with van der Waals surface area (Å²) in [6, 6.07) is 24.8. The molecule has 12 heteroatoms. The second-order valence-electron chi connectivity index (χ2n) is 8.29. The maximum atomic E-state index is 13.3. The van der Waals surface area contributed by atoms with Gasteiger partial charge in [-0.05, 0) is 29.3 Å². The number of halogens is 3. The summed E-state index contributed by atoms with van der Waals surface area (Å²) in [6.45, 7) is 1.60. The summed E-state index contributed by atoms with van der Waals surface area (Å²) < 4.78 is 37.6. The minimum atomic E-state index is -5.08. The van der Waals surface area contributed by atoms with E-state index in [4.69, 9.17) is 30.9 Å². The van der Waals surface area contributed by atoms with Gasteiger partial charge in [0, 0.05) is 30.3 Å². The first-order valence-electron chi connectivity index (χ1n) is 11.8. The topological polar surface area (TPSA) is 154 Å². The first-order chi connectivity index (χ1) is 18.8. The fourth-order valence-corrected chi connectivity index (χ4v) is 3.82. The molecule has 0 bridgehead atoms. The fraction of sp³-hybridized carbons (Fsp3) is 0.214. The molecule has 0 saturated heterocycles. The quantitative estimate of drug-likeness (QED) is 0.257. The van der Waals surface area contributed by atoms with E-state index in [1.807, 2.05) is 78.9 Å². The van der Waals surface area contributed by atoms with E-state index >= 15 is 0 Å². The number of carbonyl (C=O) groups is 3. The van der Waals surface area contributed by atoms with Gasteiger partial charge in [0.15, 0.2) is 0 Å². The Hall–Kier alpha value is -4.71. The van der Waals surface area contributed by atoms with E-state index in [1.165, 1.54) is 0 Å². The number of nitrogens with one attached hydrogen (secondary N) is 1. The number of benzene rings is 3. The number of para-hydroxylation sites is 1. The second-order valence-corrected chi connectivity index (χ2v) is 8.29. The standard InChI is InChI=1S/C23H21N3O2.C3H6O2.C2HF3O2/c1-28-23-20(15-11-13-16(14-12-15)21(24)25)18-9-5-6-10-19(18)22(27)26(23)17-7-3-2-4-8-17;1-2-3(4)5;3-2(4,5)1(6)7/h2-14,20,23H,1H3,(H3,24,25);2H2,1H3,(H,4,5);(H,6,7). The van der Waals surface area contributed by atoms with Crippen molar-refractivity contribution in [1.82, 2.24) is 0 Å². The minimum Gasteiger partial charge on any atom is -0.481 e. The maximum absolute atomic E-state index is 13.3. The van der Waals surface area contributed by atoms with Crippen molar-refractivity contribution >= 4 is 29.4 Å². The first-order valence-corrected chi connectivity index (χ1v) is 11.8. The van der Waals surface area contributed by atoms with Crippen LogP contribution in [0, 0.1) is 5.41 Å². The Kier molecular flexibility index (Phi) is 10.9. The molecule has 1 aliphatic rings. The van der Waals surface area contributed by atoms with Gasteiger partial charge >= 0.3 is 18.1 Å². The van der Waals surface area contributed by atoms with Crippen molar-refractivity contribution in [1.29, 1.82) is 5.41 Å². The second kappa shape index (κ2) is 13.9. The Bertz CT molecular complexity index is 1330. The Morgan fingerprint density at radius 1 is 0.975 bits per heavy atom. The molecule has 3 aromatic rings. The summed E-state index contributed by atoms with van der Waals surface area (Å²) >= 11 is 0. The van der Waals surface area contributed by atoms with E-state index in [0.717, 1.165) is 16.8 Å². The van der Waals surface area contributed by atoms with Crippen LogP contribution in [0.4, 0.5) is 18.9 Å². The van der Waals surface area contributed by atoms with Crippen LogP contribution in [0.5, 0.6) is 0 Å². The summed E-state index contributed by atoms with van der Waals surface area (Å²) in [4.78, 5) is 33.3. The normalized spacial score (nSPS) is 15.9. The van der Waals surface area contributed by atoms with E-state index in [-0.39, 0.29) is 24.1 Å². The number of methoxy groups -OCH3 is 1. The zero-order valence-corrected chi connectivity index (χ0v) is 21.6. The predicted molar refractivity (Wildman–Crippen MR) is 141 cm³/mol. The van der Waals surface area contributed by atoms with Gasteiger partial charge in [-0.2, -0.15) is 13.2 Å². The molecule has 9 nitrogen and oxygen atoms in total. The summed E-state index contributed by atoms with van der Waals surface area (Å²) in [6.07, 6.45) is -5.35. The summed E-state index contributed by atoms with van der Waals surface area (Å²) in [5.41, 5.74) is 9.65. The Morgan fingerprint density at radius 3 is 1.93 bits per heavy atom. The van der Waals surface area contributed by atoms with Crippen molar-refractivity contribution < 1.29 is 42.5 Å². The van der Waals surface area contributed by atoms with E-state index < -0.39 is 24.3 Å². The third-order valence-corrected chi connectivity index (χ3v) is 5.69. The van der Waals surface area contributed by atoms with Crippen LogP contribution >= 0.6 is 0 Å². The van der Waals surface area contributed by atoms with Gasteiger partial charge in [-0.25, -0.2) is 4.79 Å². The molecule has 0 fully saturated rings.